The molecule has 0 radical (unpaired) electrons. The quantitative estimate of drug-likeness (QED) is 0.722. The van der Waals surface area contributed by atoms with Gasteiger partial charge in [-0.1, -0.05) is 18.2 Å². The van der Waals surface area contributed by atoms with Crippen molar-refractivity contribution in [3.8, 4) is 0 Å². The van der Waals surface area contributed by atoms with E-state index in [2.05, 4.69) is 5.32 Å². The van der Waals surface area contributed by atoms with Crippen LogP contribution in [-0.2, 0) is 14.3 Å². The van der Waals surface area contributed by atoms with Crippen LogP contribution in [-0.4, -0.2) is 55.2 Å². The molecule has 104 valence electrons. The molecule has 19 heavy (non-hydrogen) atoms. The van der Waals surface area contributed by atoms with Gasteiger partial charge in [-0.15, -0.1) is 0 Å². The van der Waals surface area contributed by atoms with Crippen molar-refractivity contribution in [2.75, 3.05) is 38.7 Å². The van der Waals surface area contributed by atoms with Crippen molar-refractivity contribution in [2.45, 2.75) is 0 Å². The maximum atomic E-state index is 11.9. The Kier molecular flexibility index (Phi) is 6.38. The van der Waals surface area contributed by atoms with Crippen LogP contribution in [0.4, 0.5) is 5.69 Å². The second kappa shape index (κ2) is 8.10. The van der Waals surface area contributed by atoms with Crippen molar-refractivity contribution in [2.24, 2.45) is 0 Å². The van der Waals surface area contributed by atoms with E-state index in [9.17, 15) is 9.59 Å². The van der Waals surface area contributed by atoms with Gasteiger partial charge in [-0.2, -0.15) is 0 Å². The number of ether oxygens (including phenoxy) is 1. The number of nitrogens with zero attached hydrogens (tertiary/aromatic N) is 1. The van der Waals surface area contributed by atoms with Crippen molar-refractivity contribution in [1.82, 2.24) is 4.90 Å². The highest BCUT2D eigenvalue weighted by Crippen LogP contribution is 2.04. The van der Waals surface area contributed by atoms with Gasteiger partial charge in [-0.25, -0.2) is 0 Å². The summed E-state index contributed by atoms with van der Waals surface area (Å²) >= 11 is 0. The van der Waals surface area contributed by atoms with Crippen molar-refractivity contribution < 1.29 is 19.4 Å². The van der Waals surface area contributed by atoms with Crippen LogP contribution in [0.3, 0.4) is 0 Å². The molecule has 0 bridgehead atoms. The van der Waals surface area contributed by atoms with Gasteiger partial charge in [0.2, 0.25) is 5.91 Å². The fraction of sp³-hybridized carbons (Fsp3) is 0.385. The molecule has 0 heterocycles. The minimum Gasteiger partial charge on any atom is -0.480 e. The topological polar surface area (TPSA) is 78.9 Å². The highest BCUT2D eigenvalue weighted by molar-refractivity contribution is 5.84. The molecule has 6 heteroatoms. The average molecular weight is 266 g/mol. The van der Waals surface area contributed by atoms with Crippen LogP contribution < -0.4 is 5.32 Å². The summed E-state index contributed by atoms with van der Waals surface area (Å²) in [6, 6.07) is 9.26. The Labute approximate surface area is 112 Å². The van der Waals surface area contributed by atoms with Crippen molar-refractivity contribution in [1.29, 1.82) is 0 Å². The predicted molar refractivity (Wildman–Crippen MR) is 71.0 cm³/mol. The molecule has 0 atom stereocenters. The van der Waals surface area contributed by atoms with Gasteiger partial charge in [0.1, 0.15) is 6.54 Å². The number of carbonyl (C=O) groups is 2. The summed E-state index contributed by atoms with van der Waals surface area (Å²) in [6.45, 7) is 0.308. The molecule has 0 unspecified atom stereocenters. The Morgan fingerprint density at radius 3 is 2.58 bits per heavy atom. The summed E-state index contributed by atoms with van der Waals surface area (Å²) in [5, 5.41) is 11.7. The van der Waals surface area contributed by atoms with Crippen LogP contribution in [0.15, 0.2) is 30.3 Å². The maximum absolute atomic E-state index is 11.9. The van der Waals surface area contributed by atoms with Gasteiger partial charge in [-0.05, 0) is 12.1 Å². The summed E-state index contributed by atoms with van der Waals surface area (Å²) < 4.78 is 4.86. The lowest BCUT2D eigenvalue weighted by atomic mass is 10.3. The molecule has 0 aliphatic carbocycles. The minimum atomic E-state index is -1.04. The number of anilines is 1. The SMILES string of the molecule is COCCN(CC(=O)O)C(=O)CNc1ccccc1. The third kappa shape index (κ3) is 5.87. The molecule has 0 aromatic heterocycles. The number of nitrogens with one attached hydrogen (secondary N) is 1. The number of carbonyl (C=O) groups excluding carboxylic acids is 1. The molecule has 1 aromatic carbocycles. The number of benzene rings is 1. The molecule has 0 fully saturated rings. The molecule has 0 aliphatic rings. The first kappa shape index (κ1) is 15.0. The first-order valence-electron chi connectivity index (χ1n) is 5.91. The van der Waals surface area contributed by atoms with E-state index in [1.54, 1.807) is 0 Å². The fourth-order valence-electron chi connectivity index (χ4n) is 1.50. The minimum absolute atomic E-state index is 0.0566. The van der Waals surface area contributed by atoms with Gasteiger partial charge < -0.3 is 20.1 Å². The monoisotopic (exact) mass is 266 g/mol. The first-order valence-corrected chi connectivity index (χ1v) is 5.91. The van der Waals surface area contributed by atoms with E-state index in [1.165, 1.54) is 12.0 Å². The summed E-state index contributed by atoms with van der Waals surface area (Å²) in [5.41, 5.74) is 0.817. The van der Waals surface area contributed by atoms with Gasteiger partial charge in [0.25, 0.3) is 0 Å². The lowest BCUT2D eigenvalue weighted by Crippen LogP contribution is -2.41. The molecule has 2 N–H and O–H groups in total. The first-order chi connectivity index (χ1) is 9.13. The van der Waals surface area contributed by atoms with Crippen molar-refractivity contribution in [3.05, 3.63) is 30.3 Å². The zero-order valence-electron chi connectivity index (χ0n) is 10.8. The summed E-state index contributed by atoms with van der Waals surface area (Å²) in [6.07, 6.45) is 0. The Bertz CT molecular complexity index is 408. The normalized spacial score (nSPS) is 9.95. The van der Waals surface area contributed by atoms with Gasteiger partial charge in [0, 0.05) is 19.3 Å². The third-order valence-electron chi connectivity index (χ3n) is 2.46. The van der Waals surface area contributed by atoms with E-state index in [4.69, 9.17) is 9.84 Å². The van der Waals surface area contributed by atoms with Crippen LogP contribution >= 0.6 is 0 Å². The van der Waals surface area contributed by atoms with Gasteiger partial charge in [0.05, 0.1) is 13.2 Å². The molecule has 0 spiro atoms. The molecule has 6 nitrogen and oxygen atoms in total. The van der Waals surface area contributed by atoms with Crippen LogP contribution in [0, 0.1) is 0 Å². The molecule has 1 amide bonds. The fourth-order valence-corrected chi connectivity index (χ4v) is 1.50. The number of hydrogen-bond acceptors (Lipinski definition) is 4. The van der Waals surface area contributed by atoms with E-state index >= 15 is 0 Å². The van der Waals surface area contributed by atoms with Crippen molar-refractivity contribution >= 4 is 17.6 Å². The number of hydrogen-bond donors (Lipinski definition) is 2. The Morgan fingerprint density at radius 2 is 2.00 bits per heavy atom. The van der Waals surface area contributed by atoms with E-state index in [1.807, 2.05) is 30.3 Å². The zero-order valence-corrected chi connectivity index (χ0v) is 10.8. The van der Waals surface area contributed by atoms with E-state index in [0.717, 1.165) is 5.69 Å². The highest BCUT2D eigenvalue weighted by Gasteiger charge is 2.15. The van der Waals surface area contributed by atoms with Crippen LogP contribution in [0.2, 0.25) is 0 Å². The molecular formula is C13H18N2O4. The van der Waals surface area contributed by atoms with Crippen LogP contribution in [0.5, 0.6) is 0 Å². The van der Waals surface area contributed by atoms with E-state index in [-0.39, 0.29) is 25.5 Å². The Balaban J connectivity index is 2.48. The predicted octanol–water partition coefficient (Wildman–Crippen LogP) is 0.658. The maximum Gasteiger partial charge on any atom is 0.323 e. The van der Waals surface area contributed by atoms with Gasteiger partial charge in [0.15, 0.2) is 0 Å². The molecular weight excluding hydrogens is 248 g/mol. The summed E-state index contributed by atoms with van der Waals surface area (Å²) in [7, 11) is 1.51. The lowest BCUT2D eigenvalue weighted by molar-refractivity contribution is -0.144. The standard InChI is InChI=1S/C13H18N2O4/c1-19-8-7-15(10-13(17)18)12(16)9-14-11-5-3-2-4-6-11/h2-6,14H,7-10H2,1H3,(H,17,18). The second-order valence-corrected chi connectivity index (χ2v) is 3.92. The lowest BCUT2D eigenvalue weighted by Gasteiger charge is -2.20. The number of aliphatic carboxylic acids is 1. The number of methoxy groups -OCH3 is 1. The number of para-hydroxylation sites is 1. The number of carboxylic acids is 1. The molecule has 0 saturated carbocycles. The Hall–Kier alpha value is -2.08. The second-order valence-electron chi connectivity index (χ2n) is 3.92. The molecule has 1 rings (SSSR count). The largest absolute Gasteiger partial charge is 0.480 e. The van der Waals surface area contributed by atoms with Crippen LogP contribution in [0.25, 0.3) is 0 Å². The third-order valence-corrected chi connectivity index (χ3v) is 2.46. The highest BCUT2D eigenvalue weighted by atomic mass is 16.5. The van der Waals surface area contributed by atoms with E-state index in [0.29, 0.717) is 6.61 Å². The average Bonchev–Trinajstić information content (AvgIpc) is 2.41. The Morgan fingerprint density at radius 1 is 1.32 bits per heavy atom. The van der Waals surface area contributed by atoms with E-state index < -0.39 is 5.97 Å². The van der Waals surface area contributed by atoms with Crippen molar-refractivity contribution in [3.63, 3.8) is 0 Å². The smallest absolute Gasteiger partial charge is 0.323 e. The molecule has 0 saturated heterocycles. The number of rotatable bonds is 8. The zero-order chi connectivity index (χ0) is 14.1. The molecule has 1 aromatic rings. The number of amides is 1. The van der Waals surface area contributed by atoms with Crippen LogP contribution in [0.1, 0.15) is 0 Å². The number of carboxylic acid groups (broad SMARTS) is 1. The summed E-state index contributed by atoms with van der Waals surface area (Å²) in [4.78, 5) is 23.9. The van der Waals surface area contributed by atoms with Gasteiger partial charge in [-0.3, -0.25) is 9.59 Å². The van der Waals surface area contributed by atoms with Gasteiger partial charge >= 0.3 is 5.97 Å². The molecule has 0 aliphatic heterocycles. The summed E-state index contributed by atoms with van der Waals surface area (Å²) in [5.74, 6) is -1.31.